The number of rotatable bonds is 5. The summed E-state index contributed by atoms with van der Waals surface area (Å²) < 4.78 is 5.13. The highest BCUT2D eigenvalue weighted by molar-refractivity contribution is 5.90. The van der Waals surface area contributed by atoms with Crippen molar-refractivity contribution >= 4 is 11.8 Å². The SMILES string of the molecule is CCOCC(=O)N1CCC(c2cc(C(N)=O)n[nH]2)CC1. The maximum absolute atomic E-state index is 11.8. The van der Waals surface area contributed by atoms with Crippen LogP contribution < -0.4 is 5.73 Å². The fourth-order valence-electron chi connectivity index (χ4n) is 2.39. The first-order valence-corrected chi connectivity index (χ1v) is 6.82. The number of piperidine rings is 1. The number of carbonyl (C=O) groups excluding carboxylic acids is 2. The number of primary amides is 1. The van der Waals surface area contributed by atoms with Crippen LogP contribution in [0.2, 0.25) is 0 Å². The molecule has 0 radical (unpaired) electrons. The molecule has 20 heavy (non-hydrogen) atoms. The van der Waals surface area contributed by atoms with Gasteiger partial charge in [0.2, 0.25) is 5.91 Å². The van der Waals surface area contributed by atoms with Gasteiger partial charge in [0.25, 0.3) is 5.91 Å². The van der Waals surface area contributed by atoms with Gasteiger partial charge in [-0.25, -0.2) is 0 Å². The molecule has 2 heterocycles. The number of ether oxygens (including phenoxy) is 1. The van der Waals surface area contributed by atoms with Crippen molar-refractivity contribution in [2.45, 2.75) is 25.7 Å². The van der Waals surface area contributed by atoms with Crippen molar-refractivity contribution in [3.05, 3.63) is 17.5 Å². The summed E-state index contributed by atoms with van der Waals surface area (Å²) >= 11 is 0. The van der Waals surface area contributed by atoms with Gasteiger partial charge in [0.05, 0.1) is 0 Å². The van der Waals surface area contributed by atoms with Crippen LogP contribution in [0.1, 0.15) is 41.9 Å². The van der Waals surface area contributed by atoms with E-state index in [9.17, 15) is 9.59 Å². The number of nitrogens with two attached hydrogens (primary N) is 1. The number of likely N-dealkylation sites (tertiary alicyclic amines) is 1. The molecule has 2 rings (SSSR count). The van der Waals surface area contributed by atoms with E-state index in [0.717, 1.165) is 18.5 Å². The Labute approximate surface area is 117 Å². The molecular weight excluding hydrogens is 260 g/mol. The molecule has 110 valence electrons. The number of hydrogen-bond acceptors (Lipinski definition) is 4. The molecular formula is C13H20N4O3. The summed E-state index contributed by atoms with van der Waals surface area (Å²) in [6.07, 6.45) is 1.69. The minimum atomic E-state index is -0.531. The zero-order chi connectivity index (χ0) is 14.5. The lowest BCUT2D eigenvalue weighted by molar-refractivity contribution is -0.137. The van der Waals surface area contributed by atoms with Gasteiger partial charge >= 0.3 is 0 Å². The molecule has 0 bridgehead atoms. The predicted octanol–water partition coefficient (Wildman–Crippen LogP) is 0.251. The first-order valence-electron chi connectivity index (χ1n) is 6.82. The Morgan fingerprint density at radius 1 is 1.50 bits per heavy atom. The lowest BCUT2D eigenvalue weighted by atomic mass is 9.93. The minimum Gasteiger partial charge on any atom is -0.372 e. The number of carbonyl (C=O) groups is 2. The van der Waals surface area contributed by atoms with Crippen molar-refractivity contribution in [3.63, 3.8) is 0 Å². The largest absolute Gasteiger partial charge is 0.372 e. The second kappa shape index (κ2) is 6.51. The number of aromatic amines is 1. The molecule has 1 aliphatic heterocycles. The first kappa shape index (κ1) is 14.5. The van der Waals surface area contributed by atoms with Crippen LogP contribution in [-0.2, 0) is 9.53 Å². The summed E-state index contributed by atoms with van der Waals surface area (Å²) in [5.41, 5.74) is 6.35. The monoisotopic (exact) mass is 280 g/mol. The molecule has 7 heteroatoms. The topological polar surface area (TPSA) is 101 Å². The molecule has 1 aliphatic rings. The van der Waals surface area contributed by atoms with E-state index in [0.29, 0.717) is 19.7 Å². The second-order valence-corrected chi connectivity index (χ2v) is 4.86. The van der Waals surface area contributed by atoms with Gasteiger partial charge in [0, 0.05) is 31.3 Å². The number of amides is 2. The van der Waals surface area contributed by atoms with Crippen LogP contribution in [0.25, 0.3) is 0 Å². The van der Waals surface area contributed by atoms with E-state index in [4.69, 9.17) is 10.5 Å². The third-order valence-electron chi connectivity index (χ3n) is 3.57. The average molecular weight is 280 g/mol. The van der Waals surface area contributed by atoms with Crippen LogP contribution in [0.5, 0.6) is 0 Å². The normalized spacial score (nSPS) is 16.4. The summed E-state index contributed by atoms with van der Waals surface area (Å²) in [6, 6.07) is 1.70. The number of nitrogens with zero attached hydrogens (tertiary/aromatic N) is 2. The third kappa shape index (κ3) is 3.36. The molecule has 7 nitrogen and oxygen atoms in total. The summed E-state index contributed by atoms with van der Waals surface area (Å²) in [5, 5.41) is 6.74. The van der Waals surface area contributed by atoms with E-state index in [-0.39, 0.29) is 24.1 Å². The van der Waals surface area contributed by atoms with Gasteiger partial charge in [-0.2, -0.15) is 5.10 Å². The Morgan fingerprint density at radius 2 is 2.20 bits per heavy atom. The molecule has 3 N–H and O–H groups in total. The summed E-state index contributed by atoms with van der Waals surface area (Å²) in [5.74, 6) is -0.212. The van der Waals surface area contributed by atoms with Crippen molar-refractivity contribution in [3.8, 4) is 0 Å². The van der Waals surface area contributed by atoms with Gasteiger partial charge in [-0.3, -0.25) is 14.7 Å². The van der Waals surface area contributed by atoms with E-state index >= 15 is 0 Å². The zero-order valence-corrected chi connectivity index (χ0v) is 11.6. The van der Waals surface area contributed by atoms with Gasteiger partial charge in [0.1, 0.15) is 12.3 Å². The lowest BCUT2D eigenvalue weighted by Gasteiger charge is -2.31. The molecule has 1 fully saturated rings. The molecule has 1 aromatic rings. The average Bonchev–Trinajstić information content (AvgIpc) is 2.95. The highest BCUT2D eigenvalue weighted by Gasteiger charge is 2.25. The molecule has 2 amide bonds. The van der Waals surface area contributed by atoms with E-state index in [1.807, 2.05) is 11.8 Å². The molecule has 0 atom stereocenters. The van der Waals surface area contributed by atoms with Crippen molar-refractivity contribution in [2.75, 3.05) is 26.3 Å². The summed E-state index contributed by atoms with van der Waals surface area (Å²) in [4.78, 5) is 24.6. The first-order chi connectivity index (χ1) is 9.61. The molecule has 1 saturated heterocycles. The summed E-state index contributed by atoms with van der Waals surface area (Å²) in [7, 11) is 0. The molecule has 0 aliphatic carbocycles. The van der Waals surface area contributed by atoms with Gasteiger partial charge in [0.15, 0.2) is 0 Å². The summed E-state index contributed by atoms with van der Waals surface area (Å²) in [6.45, 7) is 3.96. The second-order valence-electron chi connectivity index (χ2n) is 4.86. The quantitative estimate of drug-likeness (QED) is 0.807. The number of H-pyrrole nitrogens is 1. The van der Waals surface area contributed by atoms with Crippen LogP contribution in [0.15, 0.2) is 6.07 Å². The van der Waals surface area contributed by atoms with Gasteiger partial charge in [-0.1, -0.05) is 0 Å². The van der Waals surface area contributed by atoms with Crippen molar-refractivity contribution in [2.24, 2.45) is 5.73 Å². The Kier molecular flexibility index (Phi) is 4.73. The van der Waals surface area contributed by atoms with Gasteiger partial charge in [-0.15, -0.1) is 0 Å². The standard InChI is InChI=1S/C13H20N4O3/c1-2-20-8-12(18)17-5-3-9(4-6-17)10-7-11(13(14)19)16-15-10/h7,9H,2-6,8H2,1H3,(H2,14,19)(H,15,16). The van der Waals surface area contributed by atoms with Gasteiger partial charge < -0.3 is 15.4 Å². The Morgan fingerprint density at radius 3 is 2.75 bits per heavy atom. The zero-order valence-electron chi connectivity index (χ0n) is 11.6. The highest BCUT2D eigenvalue weighted by atomic mass is 16.5. The van der Waals surface area contributed by atoms with Crippen LogP contribution in [0, 0.1) is 0 Å². The number of nitrogens with one attached hydrogen (secondary N) is 1. The van der Waals surface area contributed by atoms with E-state index < -0.39 is 5.91 Å². The maximum Gasteiger partial charge on any atom is 0.269 e. The number of hydrogen-bond donors (Lipinski definition) is 2. The minimum absolute atomic E-state index is 0.0349. The predicted molar refractivity (Wildman–Crippen MR) is 72.2 cm³/mol. The van der Waals surface area contributed by atoms with Crippen LogP contribution in [-0.4, -0.2) is 53.2 Å². The molecule has 1 aromatic heterocycles. The Balaban J connectivity index is 1.87. The van der Waals surface area contributed by atoms with Crippen LogP contribution >= 0.6 is 0 Å². The Bertz CT molecular complexity index is 478. The van der Waals surface area contributed by atoms with E-state index in [1.165, 1.54) is 0 Å². The van der Waals surface area contributed by atoms with E-state index in [1.54, 1.807) is 6.07 Å². The van der Waals surface area contributed by atoms with Crippen molar-refractivity contribution in [1.29, 1.82) is 0 Å². The van der Waals surface area contributed by atoms with E-state index in [2.05, 4.69) is 10.2 Å². The molecule has 0 saturated carbocycles. The fraction of sp³-hybridized carbons (Fsp3) is 0.615. The number of aromatic nitrogens is 2. The van der Waals surface area contributed by atoms with Gasteiger partial charge in [-0.05, 0) is 25.8 Å². The lowest BCUT2D eigenvalue weighted by Crippen LogP contribution is -2.40. The third-order valence-corrected chi connectivity index (χ3v) is 3.57. The molecule has 0 aromatic carbocycles. The maximum atomic E-state index is 11.8. The van der Waals surface area contributed by atoms with Crippen molar-refractivity contribution in [1.82, 2.24) is 15.1 Å². The van der Waals surface area contributed by atoms with Crippen LogP contribution in [0.3, 0.4) is 0 Å². The smallest absolute Gasteiger partial charge is 0.269 e. The van der Waals surface area contributed by atoms with Crippen molar-refractivity contribution < 1.29 is 14.3 Å². The molecule has 0 spiro atoms. The van der Waals surface area contributed by atoms with Crippen LogP contribution in [0.4, 0.5) is 0 Å². The highest BCUT2D eigenvalue weighted by Crippen LogP contribution is 2.26. The Hall–Kier alpha value is -1.89. The molecule has 0 unspecified atom stereocenters. The fourth-order valence-corrected chi connectivity index (χ4v) is 2.39.